The van der Waals surface area contributed by atoms with Gasteiger partial charge < -0.3 is 20.7 Å². The van der Waals surface area contributed by atoms with Crippen molar-refractivity contribution in [2.75, 3.05) is 46.4 Å². The van der Waals surface area contributed by atoms with Crippen molar-refractivity contribution < 1.29 is 9.53 Å². The summed E-state index contributed by atoms with van der Waals surface area (Å²) in [6.45, 7) is 8.12. The number of guanidine groups is 1. The summed E-state index contributed by atoms with van der Waals surface area (Å²) in [4.78, 5) is 19.1. The summed E-state index contributed by atoms with van der Waals surface area (Å²) in [6, 6.07) is 7.63. The summed E-state index contributed by atoms with van der Waals surface area (Å²) in [5.41, 5.74) is 1.95. The second kappa shape index (κ2) is 11.3. The van der Waals surface area contributed by atoms with Crippen LogP contribution < -0.4 is 16.0 Å². The topological polar surface area (TPSA) is 78.0 Å². The Labute approximate surface area is 180 Å². The first kappa shape index (κ1) is 22.6. The molecule has 166 valence electrons. The van der Waals surface area contributed by atoms with Gasteiger partial charge in [-0.25, -0.2) is 4.99 Å². The Morgan fingerprint density at radius 2 is 1.80 bits per heavy atom. The summed E-state index contributed by atoms with van der Waals surface area (Å²) in [5, 5.41) is 9.66. The molecule has 30 heavy (non-hydrogen) atoms. The van der Waals surface area contributed by atoms with E-state index in [1.165, 1.54) is 32.1 Å². The van der Waals surface area contributed by atoms with Crippen LogP contribution in [0.15, 0.2) is 29.3 Å². The lowest BCUT2D eigenvalue weighted by Crippen LogP contribution is -2.60. The predicted octanol–water partition coefficient (Wildman–Crippen LogP) is 2.14. The molecule has 3 rings (SSSR count). The zero-order valence-electron chi connectivity index (χ0n) is 18.5. The maximum atomic E-state index is 11.7. The van der Waals surface area contributed by atoms with Crippen molar-refractivity contribution in [3.05, 3.63) is 35.4 Å². The molecule has 1 saturated heterocycles. The first-order chi connectivity index (χ1) is 14.7. The van der Waals surface area contributed by atoms with Crippen molar-refractivity contribution in [3.8, 4) is 0 Å². The van der Waals surface area contributed by atoms with Crippen molar-refractivity contribution in [3.63, 3.8) is 0 Å². The van der Waals surface area contributed by atoms with Gasteiger partial charge in [0.15, 0.2) is 5.96 Å². The molecule has 1 aromatic carbocycles. The van der Waals surface area contributed by atoms with Crippen LogP contribution in [0.5, 0.6) is 0 Å². The molecule has 3 N–H and O–H groups in total. The molecule has 0 spiro atoms. The molecule has 0 radical (unpaired) electrons. The van der Waals surface area contributed by atoms with Crippen molar-refractivity contribution in [2.24, 2.45) is 4.99 Å². The van der Waals surface area contributed by atoms with Crippen molar-refractivity contribution in [1.82, 2.24) is 20.9 Å². The number of hydrogen-bond acceptors (Lipinski definition) is 4. The average molecular weight is 416 g/mol. The predicted molar refractivity (Wildman–Crippen MR) is 121 cm³/mol. The fourth-order valence-corrected chi connectivity index (χ4v) is 4.52. The van der Waals surface area contributed by atoms with Gasteiger partial charge in [-0.2, -0.15) is 0 Å². The van der Waals surface area contributed by atoms with E-state index in [1.54, 1.807) is 7.05 Å². The highest BCUT2D eigenvalue weighted by Gasteiger charge is 2.38. The van der Waals surface area contributed by atoms with Crippen LogP contribution in [0.3, 0.4) is 0 Å². The molecule has 7 heteroatoms. The molecule has 1 aliphatic heterocycles. The van der Waals surface area contributed by atoms with Gasteiger partial charge in [0.2, 0.25) is 0 Å². The van der Waals surface area contributed by atoms with E-state index in [2.05, 4.69) is 27.8 Å². The molecule has 7 nitrogen and oxygen atoms in total. The van der Waals surface area contributed by atoms with Crippen LogP contribution in [0.2, 0.25) is 0 Å². The lowest BCUT2D eigenvalue weighted by molar-refractivity contribution is -0.0352. The minimum atomic E-state index is -0.0686. The lowest BCUT2D eigenvalue weighted by atomic mass is 9.80. The standard InChI is InChI=1S/C23H37N5O2/c1-3-25-22(26-17-19-7-9-20(10-8-19)21(29)24-2)27-18-23(11-5-4-6-12-23)28-13-15-30-16-14-28/h7-10H,3-6,11-18H2,1-2H3,(H,24,29)(H2,25,26,27). The minimum absolute atomic E-state index is 0.0686. The van der Waals surface area contributed by atoms with Gasteiger partial charge in [-0.1, -0.05) is 31.4 Å². The Kier molecular flexibility index (Phi) is 8.51. The third-order valence-electron chi connectivity index (χ3n) is 6.26. The number of carbonyl (C=O) groups excluding carboxylic acids is 1. The third-order valence-corrected chi connectivity index (χ3v) is 6.26. The number of aliphatic imine (C=N–C) groups is 1. The Hall–Kier alpha value is -2.12. The Bertz CT molecular complexity index is 692. The van der Waals surface area contributed by atoms with E-state index < -0.39 is 0 Å². The molecule has 0 aromatic heterocycles. The second-order valence-corrected chi connectivity index (χ2v) is 8.21. The van der Waals surface area contributed by atoms with E-state index in [0.29, 0.717) is 12.1 Å². The Morgan fingerprint density at radius 1 is 1.10 bits per heavy atom. The molecule has 1 heterocycles. The second-order valence-electron chi connectivity index (χ2n) is 8.21. The SMILES string of the molecule is CCNC(=NCc1ccc(C(=O)NC)cc1)NCC1(N2CCOCC2)CCCCC1. The van der Waals surface area contributed by atoms with Gasteiger partial charge in [0.25, 0.3) is 5.91 Å². The van der Waals surface area contributed by atoms with E-state index in [4.69, 9.17) is 9.73 Å². The van der Waals surface area contributed by atoms with E-state index in [1.807, 2.05) is 24.3 Å². The molecule has 1 amide bonds. The molecule has 0 atom stereocenters. The number of ether oxygens (including phenoxy) is 1. The molecule has 1 saturated carbocycles. The highest BCUT2D eigenvalue weighted by Crippen LogP contribution is 2.33. The fourth-order valence-electron chi connectivity index (χ4n) is 4.52. The molecule has 2 aliphatic rings. The number of rotatable bonds is 7. The summed E-state index contributed by atoms with van der Waals surface area (Å²) in [6.07, 6.45) is 6.40. The number of carbonyl (C=O) groups is 1. The maximum absolute atomic E-state index is 11.7. The largest absolute Gasteiger partial charge is 0.379 e. The highest BCUT2D eigenvalue weighted by atomic mass is 16.5. The maximum Gasteiger partial charge on any atom is 0.251 e. The van der Waals surface area contributed by atoms with Gasteiger partial charge in [0, 0.05) is 44.3 Å². The normalized spacial score (nSPS) is 19.9. The molecule has 0 bridgehead atoms. The van der Waals surface area contributed by atoms with Gasteiger partial charge in [0.05, 0.1) is 19.8 Å². The number of nitrogens with one attached hydrogen (secondary N) is 3. The quantitative estimate of drug-likeness (QED) is 0.470. The molecule has 0 unspecified atom stereocenters. The van der Waals surface area contributed by atoms with Crippen LogP contribution in [0.4, 0.5) is 0 Å². The lowest BCUT2D eigenvalue weighted by Gasteiger charge is -2.48. The first-order valence-corrected chi connectivity index (χ1v) is 11.3. The summed E-state index contributed by atoms with van der Waals surface area (Å²) in [5.74, 6) is 0.784. The van der Waals surface area contributed by atoms with Gasteiger partial charge in [0.1, 0.15) is 0 Å². The summed E-state index contributed by atoms with van der Waals surface area (Å²) >= 11 is 0. The first-order valence-electron chi connectivity index (χ1n) is 11.3. The van der Waals surface area contributed by atoms with Crippen molar-refractivity contribution in [1.29, 1.82) is 0 Å². The zero-order chi connectivity index (χ0) is 21.2. The van der Waals surface area contributed by atoms with E-state index in [-0.39, 0.29) is 11.4 Å². The molecule has 1 aliphatic carbocycles. The number of hydrogen-bond donors (Lipinski definition) is 3. The van der Waals surface area contributed by atoms with Crippen LogP contribution >= 0.6 is 0 Å². The Morgan fingerprint density at radius 3 is 2.43 bits per heavy atom. The van der Waals surface area contributed by atoms with E-state index in [9.17, 15) is 4.79 Å². The Balaban J connectivity index is 1.63. The summed E-state index contributed by atoms with van der Waals surface area (Å²) < 4.78 is 5.59. The number of morpholine rings is 1. The molecular weight excluding hydrogens is 378 g/mol. The van der Waals surface area contributed by atoms with Crippen LogP contribution in [0, 0.1) is 0 Å². The van der Waals surface area contributed by atoms with E-state index in [0.717, 1.165) is 50.9 Å². The zero-order valence-corrected chi connectivity index (χ0v) is 18.5. The van der Waals surface area contributed by atoms with Crippen LogP contribution in [0.25, 0.3) is 0 Å². The third kappa shape index (κ3) is 5.95. The number of nitrogens with zero attached hydrogens (tertiary/aromatic N) is 2. The number of amides is 1. The van der Waals surface area contributed by atoms with Gasteiger partial charge >= 0.3 is 0 Å². The number of benzene rings is 1. The van der Waals surface area contributed by atoms with Crippen LogP contribution in [-0.4, -0.2) is 68.7 Å². The van der Waals surface area contributed by atoms with Gasteiger partial charge in [-0.15, -0.1) is 0 Å². The highest BCUT2D eigenvalue weighted by molar-refractivity contribution is 5.93. The van der Waals surface area contributed by atoms with Crippen LogP contribution in [0.1, 0.15) is 54.9 Å². The van der Waals surface area contributed by atoms with Gasteiger partial charge in [-0.05, 0) is 37.5 Å². The van der Waals surface area contributed by atoms with Gasteiger partial charge in [-0.3, -0.25) is 9.69 Å². The van der Waals surface area contributed by atoms with Crippen molar-refractivity contribution in [2.45, 2.75) is 51.1 Å². The molecular formula is C23H37N5O2. The fraction of sp³-hybridized carbons (Fsp3) is 0.652. The smallest absolute Gasteiger partial charge is 0.251 e. The van der Waals surface area contributed by atoms with Crippen molar-refractivity contribution >= 4 is 11.9 Å². The van der Waals surface area contributed by atoms with E-state index >= 15 is 0 Å². The monoisotopic (exact) mass is 415 g/mol. The summed E-state index contributed by atoms with van der Waals surface area (Å²) in [7, 11) is 1.64. The average Bonchev–Trinajstić information content (AvgIpc) is 2.82. The molecule has 2 fully saturated rings. The molecule has 1 aromatic rings. The minimum Gasteiger partial charge on any atom is -0.379 e. The van der Waals surface area contributed by atoms with Crippen LogP contribution in [-0.2, 0) is 11.3 Å².